The van der Waals surface area contributed by atoms with Crippen molar-refractivity contribution in [3.8, 4) is 11.5 Å². The number of aromatic nitrogens is 2. The number of hydrogen-bond donors (Lipinski definition) is 1. The van der Waals surface area contributed by atoms with Crippen LogP contribution in [0.4, 0.5) is 0 Å². The van der Waals surface area contributed by atoms with E-state index in [0.717, 1.165) is 37.7 Å². The van der Waals surface area contributed by atoms with Gasteiger partial charge in [0.1, 0.15) is 6.54 Å². The molecule has 6 nitrogen and oxygen atoms in total. The lowest BCUT2D eigenvalue weighted by molar-refractivity contribution is -0.123. The summed E-state index contributed by atoms with van der Waals surface area (Å²) < 4.78 is 13.8. The normalized spacial score (nSPS) is 13.1. The molecule has 0 unspecified atom stereocenters. The van der Waals surface area contributed by atoms with Crippen molar-refractivity contribution in [1.82, 2.24) is 14.9 Å². The van der Waals surface area contributed by atoms with Crippen LogP contribution in [0.1, 0.15) is 26.3 Å². The summed E-state index contributed by atoms with van der Waals surface area (Å²) in [5.41, 5.74) is 2.63. The van der Waals surface area contributed by atoms with Crippen LogP contribution in [0.2, 0.25) is 0 Å². The number of nitrogens with one attached hydrogen (secondary N) is 1. The van der Waals surface area contributed by atoms with E-state index in [4.69, 9.17) is 14.5 Å². The van der Waals surface area contributed by atoms with Crippen LogP contribution < -0.4 is 14.8 Å². The summed E-state index contributed by atoms with van der Waals surface area (Å²) >= 11 is 5.20. The van der Waals surface area contributed by atoms with Gasteiger partial charge in [0.05, 0.1) is 11.0 Å². The van der Waals surface area contributed by atoms with Crippen molar-refractivity contribution in [3.05, 3.63) is 46.4 Å². The molecule has 1 aliphatic heterocycles. The number of ether oxygens (including phenoxy) is 2. The molecule has 0 atom stereocenters. The number of rotatable bonds is 5. The largest absolute Gasteiger partial charge is 0.454 e. The van der Waals surface area contributed by atoms with Gasteiger partial charge in [-0.3, -0.25) is 4.79 Å². The van der Waals surface area contributed by atoms with Crippen LogP contribution in [-0.2, 0) is 17.1 Å². The van der Waals surface area contributed by atoms with Gasteiger partial charge >= 0.3 is 0 Å². The smallest absolute Gasteiger partial charge is 0.240 e. The Morgan fingerprint density at radius 1 is 1.24 bits per heavy atom. The maximum absolute atomic E-state index is 12.6. The summed E-state index contributed by atoms with van der Waals surface area (Å²) in [6, 6.07) is 11.8. The molecule has 3 aromatic rings. The highest BCUT2D eigenvalue weighted by atomic mass is 79.9. The minimum absolute atomic E-state index is 0.0354. The fraction of sp³-hybridized carbons (Fsp3) is 0.333. The van der Waals surface area contributed by atoms with Gasteiger partial charge in [0.2, 0.25) is 12.7 Å². The number of benzene rings is 2. The monoisotopic (exact) mass is 475 g/mol. The minimum atomic E-state index is -0.280. The summed E-state index contributed by atoms with van der Waals surface area (Å²) in [6.07, 6.45) is 0. The Balaban J connectivity index is 1.59. The summed E-state index contributed by atoms with van der Waals surface area (Å²) in [5, 5.41) is 3.83. The highest BCUT2D eigenvalue weighted by molar-refractivity contribution is 9.10. The molecule has 1 N–H and O–H groups in total. The number of hydrogen-bond acceptors (Lipinski definition) is 5. The van der Waals surface area contributed by atoms with Gasteiger partial charge in [0.25, 0.3) is 0 Å². The molecule has 29 heavy (non-hydrogen) atoms. The molecule has 152 valence electrons. The molecule has 1 aromatic heterocycles. The third-order valence-corrected chi connectivity index (χ3v) is 6.10. The zero-order valence-electron chi connectivity index (χ0n) is 16.5. The Morgan fingerprint density at radius 3 is 2.72 bits per heavy atom. The summed E-state index contributed by atoms with van der Waals surface area (Å²) in [7, 11) is 0. The van der Waals surface area contributed by atoms with Crippen molar-refractivity contribution in [2.24, 2.45) is 0 Å². The number of para-hydroxylation sites is 2. The van der Waals surface area contributed by atoms with Crippen LogP contribution in [0.5, 0.6) is 11.5 Å². The topological polar surface area (TPSA) is 65.4 Å². The third-order valence-electron chi connectivity index (χ3n) is 4.33. The number of thioether (sulfide) groups is 1. The van der Waals surface area contributed by atoms with E-state index in [1.54, 1.807) is 11.8 Å². The predicted molar refractivity (Wildman–Crippen MR) is 117 cm³/mol. The first-order valence-corrected chi connectivity index (χ1v) is 11.0. The SMILES string of the molecule is CC(C)(C)NC(=O)Cn1c(SCc2cc3c(cc2Br)OCO3)nc2ccccc21. The summed E-state index contributed by atoms with van der Waals surface area (Å²) in [4.78, 5) is 17.3. The number of carbonyl (C=O) groups is 1. The fourth-order valence-electron chi connectivity index (χ4n) is 3.13. The van der Waals surface area contributed by atoms with Crippen LogP contribution in [0.25, 0.3) is 11.0 Å². The molecular weight excluding hydrogens is 454 g/mol. The van der Waals surface area contributed by atoms with Gasteiger partial charge in [-0.15, -0.1) is 0 Å². The van der Waals surface area contributed by atoms with Gasteiger partial charge in [-0.05, 0) is 50.6 Å². The maximum Gasteiger partial charge on any atom is 0.240 e. The second-order valence-electron chi connectivity index (χ2n) is 7.85. The number of imidazole rings is 1. The lowest BCUT2D eigenvalue weighted by Crippen LogP contribution is -2.42. The average Bonchev–Trinajstić information content (AvgIpc) is 3.22. The summed E-state index contributed by atoms with van der Waals surface area (Å²) in [5.74, 6) is 2.15. The molecule has 0 aliphatic carbocycles. The van der Waals surface area contributed by atoms with Crippen molar-refractivity contribution in [3.63, 3.8) is 0 Å². The van der Waals surface area contributed by atoms with Gasteiger partial charge in [-0.25, -0.2) is 4.98 Å². The van der Waals surface area contributed by atoms with Crippen LogP contribution in [0.15, 0.2) is 46.0 Å². The second kappa shape index (κ2) is 7.91. The van der Waals surface area contributed by atoms with E-state index in [0.29, 0.717) is 5.75 Å². The Hall–Kier alpha value is -2.19. The second-order valence-corrected chi connectivity index (χ2v) is 9.65. The zero-order valence-corrected chi connectivity index (χ0v) is 18.9. The van der Waals surface area contributed by atoms with E-state index in [1.165, 1.54) is 0 Å². The van der Waals surface area contributed by atoms with Crippen LogP contribution in [-0.4, -0.2) is 27.8 Å². The molecule has 0 radical (unpaired) electrons. The highest BCUT2D eigenvalue weighted by Gasteiger charge is 2.20. The first-order valence-electron chi connectivity index (χ1n) is 9.27. The summed E-state index contributed by atoms with van der Waals surface area (Å²) in [6.45, 7) is 6.40. The fourth-order valence-corrected chi connectivity index (χ4v) is 4.78. The molecule has 2 aromatic carbocycles. The molecule has 0 spiro atoms. The van der Waals surface area contributed by atoms with Crippen LogP contribution >= 0.6 is 27.7 Å². The molecule has 0 saturated carbocycles. The number of amides is 1. The Kier molecular flexibility index (Phi) is 5.48. The van der Waals surface area contributed by atoms with Crippen molar-refractivity contribution < 1.29 is 14.3 Å². The van der Waals surface area contributed by atoms with E-state index < -0.39 is 0 Å². The highest BCUT2D eigenvalue weighted by Crippen LogP contribution is 2.39. The number of carbonyl (C=O) groups excluding carboxylic acids is 1. The van der Waals surface area contributed by atoms with Crippen LogP contribution in [0.3, 0.4) is 0 Å². The Labute approximate surface area is 182 Å². The van der Waals surface area contributed by atoms with Gasteiger partial charge in [0, 0.05) is 15.8 Å². The van der Waals surface area contributed by atoms with Gasteiger partial charge < -0.3 is 19.4 Å². The molecule has 8 heteroatoms. The van der Waals surface area contributed by atoms with E-state index in [2.05, 4.69) is 21.2 Å². The van der Waals surface area contributed by atoms with Gasteiger partial charge in [0.15, 0.2) is 16.7 Å². The zero-order chi connectivity index (χ0) is 20.6. The van der Waals surface area contributed by atoms with E-state index in [-0.39, 0.29) is 24.8 Å². The van der Waals surface area contributed by atoms with Crippen molar-refractivity contribution in [2.75, 3.05) is 6.79 Å². The molecule has 1 aliphatic rings. The standard InChI is InChI=1S/C21H22BrN3O3S/c1-21(2,3)24-19(26)10-25-16-7-5-4-6-15(16)23-20(25)29-11-13-8-17-18(9-14(13)22)28-12-27-17/h4-9H,10-12H2,1-3H3,(H,24,26). The average molecular weight is 476 g/mol. The maximum atomic E-state index is 12.6. The molecule has 2 heterocycles. The molecular formula is C21H22BrN3O3S. The Bertz CT molecular complexity index is 1070. The van der Waals surface area contributed by atoms with E-state index >= 15 is 0 Å². The van der Waals surface area contributed by atoms with Crippen molar-refractivity contribution in [1.29, 1.82) is 0 Å². The first-order chi connectivity index (χ1) is 13.8. The molecule has 4 rings (SSSR count). The predicted octanol–water partition coefficient (Wildman–Crippen LogP) is 4.73. The molecule has 1 amide bonds. The number of nitrogens with zero attached hydrogens (tertiary/aromatic N) is 2. The van der Waals surface area contributed by atoms with Crippen molar-refractivity contribution >= 4 is 44.6 Å². The third kappa shape index (κ3) is 4.53. The molecule has 0 saturated heterocycles. The number of halogens is 1. The molecule has 0 fully saturated rings. The van der Waals surface area contributed by atoms with Crippen molar-refractivity contribution in [2.45, 2.75) is 43.8 Å². The number of fused-ring (bicyclic) bond motifs is 2. The Morgan fingerprint density at radius 2 is 1.97 bits per heavy atom. The van der Waals surface area contributed by atoms with Crippen LogP contribution in [0, 0.1) is 0 Å². The van der Waals surface area contributed by atoms with Gasteiger partial charge in [-0.2, -0.15) is 0 Å². The van der Waals surface area contributed by atoms with E-state index in [9.17, 15) is 4.79 Å². The van der Waals surface area contributed by atoms with Gasteiger partial charge in [-0.1, -0.05) is 39.8 Å². The first kappa shape index (κ1) is 20.1. The lowest BCUT2D eigenvalue weighted by atomic mass is 10.1. The molecule has 0 bridgehead atoms. The van der Waals surface area contributed by atoms with E-state index in [1.807, 2.05) is 61.7 Å². The minimum Gasteiger partial charge on any atom is -0.454 e. The lowest BCUT2D eigenvalue weighted by Gasteiger charge is -2.21. The quantitative estimate of drug-likeness (QED) is 0.540.